The monoisotopic (exact) mass is 213 g/mol. The Balaban J connectivity index is 1.96. The highest BCUT2D eigenvalue weighted by molar-refractivity contribution is 5.69. The fourth-order valence-corrected chi connectivity index (χ4v) is 2.25. The summed E-state index contributed by atoms with van der Waals surface area (Å²) in [4.78, 5) is 13.7. The summed E-state index contributed by atoms with van der Waals surface area (Å²) in [6.07, 6.45) is 1.95. The molecule has 0 spiro atoms. The second-order valence-corrected chi connectivity index (χ2v) is 5.23. The number of hydrogen-bond acceptors (Lipinski definition) is 3. The first kappa shape index (κ1) is 10.7. The molecule has 0 aromatic rings. The Morgan fingerprint density at radius 3 is 2.80 bits per heavy atom. The number of hydrogen-bond donors (Lipinski definition) is 0. The third-order valence-corrected chi connectivity index (χ3v) is 2.86. The van der Waals surface area contributed by atoms with Crippen LogP contribution in [0.4, 0.5) is 4.79 Å². The SMILES string of the molecule is CC(C)(C)OC(=O)N1CCC2OCCC21. The van der Waals surface area contributed by atoms with Gasteiger partial charge in [0.1, 0.15) is 5.60 Å². The molecule has 0 aliphatic carbocycles. The number of fused-ring (bicyclic) bond motifs is 1. The van der Waals surface area contributed by atoms with Gasteiger partial charge in [-0.15, -0.1) is 0 Å². The number of likely N-dealkylation sites (tertiary alicyclic amines) is 1. The van der Waals surface area contributed by atoms with E-state index in [1.54, 1.807) is 0 Å². The van der Waals surface area contributed by atoms with Crippen LogP contribution in [-0.4, -0.2) is 41.9 Å². The Kier molecular flexibility index (Phi) is 2.63. The molecule has 2 aliphatic rings. The van der Waals surface area contributed by atoms with Gasteiger partial charge in [0.25, 0.3) is 0 Å². The molecule has 4 nitrogen and oxygen atoms in total. The van der Waals surface area contributed by atoms with Crippen LogP contribution in [0.15, 0.2) is 0 Å². The fourth-order valence-electron chi connectivity index (χ4n) is 2.25. The van der Waals surface area contributed by atoms with Gasteiger partial charge in [0.15, 0.2) is 0 Å². The van der Waals surface area contributed by atoms with Gasteiger partial charge in [-0.25, -0.2) is 4.79 Å². The minimum absolute atomic E-state index is 0.194. The third-order valence-electron chi connectivity index (χ3n) is 2.86. The lowest BCUT2D eigenvalue weighted by Crippen LogP contribution is -2.41. The molecule has 2 heterocycles. The van der Waals surface area contributed by atoms with Crippen LogP contribution in [0.5, 0.6) is 0 Å². The zero-order chi connectivity index (χ0) is 11.1. The Labute approximate surface area is 90.5 Å². The molecule has 2 unspecified atom stereocenters. The van der Waals surface area contributed by atoms with Crippen molar-refractivity contribution in [2.45, 2.75) is 51.4 Å². The van der Waals surface area contributed by atoms with Crippen molar-refractivity contribution in [3.63, 3.8) is 0 Å². The fraction of sp³-hybridized carbons (Fsp3) is 0.909. The maximum Gasteiger partial charge on any atom is 0.410 e. The molecule has 86 valence electrons. The number of carbonyl (C=O) groups excluding carboxylic acids is 1. The summed E-state index contributed by atoms with van der Waals surface area (Å²) >= 11 is 0. The molecule has 2 atom stereocenters. The van der Waals surface area contributed by atoms with E-state index in [1.165, 1.54) is 0 Å². The second kappa shape index (κ2) is 3.67. The van der Waals surface area contributed by atoms with E-state index in [0.29, 0.717) is 0 Å². The molecule has 2 rings (SSSR count). The molecule has 0 bridgehead atoms. The average Bonchev–Trinajstić information content (AvgIpc) is 2.57. The number of rotatable bonds is 0. The highest BCUT2D eigenvalue weighted by Gasteiger charge is 2.42. The first-order valence-corrected chi connectivity index (χ1v) is 5.58. The van der Waals surface area contributed by atoms with E-state index < -0.39 is 5.60 Å². The smallest absolute Gasteiger partial charge is 0.410 e. The highest BCUT2D eigenvalue weighted by Crippen LogP contribution is 2.30. The zero-order valence-corrected chi connectivity index (χ0v) is 9.66. The minimum Gasteiger partial charge on any atom is -0.444 e. The van der Waals surface area contributed by atoms with Crippen molar-refractivity contribution < 1.29 is 14.3 Å². The van der Waals surface area contributed by atoms with Gasteiger partial charge in [0.2, 0.25) is 0 Å². The van der Waals surface area contributed by atoms with Crippen LogP contribution in [0.3, 0.4) is 0 Å². The van der Waals surface area contributed by atoms with Crippen molar-refractivity contribution in [1.82, 2.24) is 4.90 Å². The maximum absolute atomic E-state index is 11.9. The summed E-state index contributed by atoms with van der Waals surface area (Å²) in [5.41, 5.74) is -0.408. The van der Waals surface area contributed by atoms with Crippen molar-refractivity contribution in [3.8, 4) is 0 Å². The van der Waals surface area contributed by atoms with Crippen molar-refractivity contribution in [1.29, 1.82) is 0 Å². The van der Waals surface area contributed by atoms with E-state index in [9.17, 15) is 4.79 Å². The van der Waals surface area contributed by atoms with E-state index in [1.807, 2.05) is 25.7 Å². The lowest BCUT2D eigenvalue weighted by molar-refractivity contribution is 0.0208. The molecule has 2 saturated heterocycles. The zero-order valence-electron chi connectivity index (χ0n) is 9.66. The predicted octanol–water partition coefficient (Wildman–Crippen LogP) is 1.78. The topological polar surface area (TPSA) is 38.8 Å². The number of carbonyl (C=O) groups is 1. The van der Waals surface area contributed by atoms with E-state index in [-0.39, 0.29) is 18.2 Å². The van der Waals surface area contributed by atoms with Gasteiger partial charge in [-0.2, -0.15) is 0 Å². The van der Waals surface area contributed by atoms with Crippen LogP contribution in [0.2, 0.25) is 0 Å². The molecule has 0 radical (unpaired) electrons. The second-order valence-electron chi connectivity index (χ2n) is 5.23. The van der Waals surface area contributed by atoms with Crippen molar-refractivity contribution in [2.75, 3.05) is 13.2 Å². The lowest BCUT2D eigenvalue weighted by atomic mass is 10.1. The van der Waals surface area contributed by atoms with Gasteiger partial charge in [0.05, 0.1) is 12.1 Å². The molecule has 2 fully saturated rings. The molecule has 2 aliphatic heterocycles. The minimum atomic E-state index is -0.408. The van der Waals surface area contributed by atoms with Crippen LogP contribution in [0.1, 0.15) is 33.6 Å². The largest absolute Gasteiger partial charge is 0.444 e. The van der Waals surface area contributed by atoms with Crippen molar-refractivity contribution >= 4 is 6.09 Å². The summed E-state index contributed by atoms with van der Waals surface area (Å²) in [6.45, 7) is 7.22. The first-order chi connectivity index (χ1) is 6.97. The Bertz CT molecular complexity index is 259. The van der Waals surface area contributed by atoms with Crippen LogP contribution in [0.25, 0.3) is 0 Å². The average molecular weight is 213 g/mol. The van der Waals surface area contributed by atoms with Gasteiger partial charge in [0, 0.05) is 13.2 Å². The van der Waals surface area contributed by atoms with E-state index in [2.05, 4.69) is 0 Å². The molecule has 0 saturated carbocycles. The molecular weight excluding hydrogens is 194 g/mol. The van der Waals surface area contributed by atoms with E-state index in [0.717, 1.165) is 26.0 Å². The summed E-state index contributed by atoms with van der Waals surface area (Å²) in [7, 11) is 0. The van der Waals surface area contributed by atoms with Gasteiger partial charge >= 0.3 is 6.09 Å². The normalized spacial score (nSPS) is 30.5. The maximum atomic E-state index is 11.9. The van der Waals surface area contributed by atoms with E-state index in [4.69, 9.17) is 9.47 Å². The molecule has 1 amide bonds. The summed E-state index contributed by atoms with van der Waals surface area (Å²) in [5.74, 6) is 0. The molecule has 0 aromatic carbocycles. The van der Waals surface area contributed by atoms with Gasteiger partial charge in [-0.3, -0.25) is 0 Å². The Morgan fingerprint density at radius 1 is 1.40 bits per heavy atom. The van der Waals surface area contributed by atoms with Gasteiger partial charge < -0.3 is 14.4 Å². The predicted molar refractivity (Wildman–Crippen MR) is 55.7 cm³/mol. The number of ether oxygens (including phenoxy) is 2. The van der Waals surface area contributed by atoms with Crippen molar-refractivity contribution in [3.05, 3.63) is 0 Å². The highest BCUT2D eigenvalue weighted by atomic mass is 16.6. The first-order valence-electron chi connectivity index (χ1n) is 5.58. The van der Waals surface area contributed by atoms with Crippen LogP contribution in [-0.2, 0) is 9.47 Å². The Morgan fingerprint density at radius 2 is 2.13 bits per heavy atom. The standard InChI is InChI=1S/C11H19NO3/c1-11(2,3)15-10(13)12-6-4-9-8(12)5-7-14-9/h8-9H,4-7H2,1-3H3. The third kappa shape index (κ3) is 2.25. The van der Waals surface area contributed by atoms with E-state index >= 15 is 0 Å². The molecule has 4 heteroatoms. The summed E-state index contributed by atoms with van der Waals surface area (Å²) in [5, 5.41) is 0. The molecular formula is C11H19NO3. The number of amides is 1. The Hall–Kier alpha value is -0.770. The number of nitrogens with zero attached hydrogens (tertiary/aromatic N) is 1. The summed E-state index contributed by atoms with van der Waals surface area (Å²) < 4.78 is 10.9. The molecule has 0 aromatic heterocycles. The lowest BCUT2D eigenvalue weighted by Gasteiger charge is -2.27. The van der Waals surface area contributed by atoms with Crippen LogP contribution in [0, 0.1) is 0 Å². The van der Waals surface area contributed by atoms with Gasteiger partial charge in [-0.05, 0) is 33.6 Å². The quantitative estimate of drug-likeness (QED) is 0.615. The summed E-state index contributed by atoms with van der Waals surface area (Å²) in [6, 6.07) is 0.250. The van der Waals surface area contributed by atoms with Gasteiger partial charge in [-0.1, -0.05) is 0 Å². The molecule has 0 N–H and O–H groups in total. The van der Waals surface area contributed by atoms with Crippen LogP contribution >= 0.6 is 0 Å². The van der Waals surface area contributed by atoms with Crippen LogP contribution < -0.4 is 0 Å². The van der Waals surface area contributed by atoms with Crippen molar-refractivity contribution in [2.24, 2.45) is 0 Å². The molecule has 15 heavy (non-hydrogen) atoms.